The quantitative estimate of drug-likeness (QED) is 0.401. The van der Waals surface area contributed by atoms with Crippen molar-refractivity contribution in [2.45, 2.75) is 43.9 Å². The van der Waals surface area contributed by atoms with Gasteiger partial charge in [-0.25, -0.2) is 4.79 Å². The van der Waals surface area contributed by atoms with Gasteiger partial charge in [-0.1, -0.05) is 18.6 Å². The summed E-state index contributed by atoms with van der Waals surface area (Å²) in [6.07, 6.45) is -1.76. The number of halogens is 3. The molecule has 2 N–H and O–H groups in total. The number of carboxylic acids is 1. The number of hydrogen-bond acceptors (Lipinski definition) is 6. The minimum atomic E-state index is -5.20. The van der Waals surface area contributed by atoms with Crippen molar-refractivity contribution in [3.05, 3.63) is 53.6 Å². The van der Waals surface area contributed by atoms with Crippen LogP contribution in [0, 0.1) is 5.92 Å². The molecule has 1 unspecified atom stereocenters. The molecule has 2 aromatic rings. The van der Waals surface area contributed by atoms with E-state index in [2.05, 4.69) is 0 Å². The van der Waals surface area contributed by atoms with Crippen molar-refractivity contribution < 1.29 is 47.2 Å². The second-order valence-electron chi connectivity index (χ2n) is 9.19. The highest BCUT2D eigenvalue weighted by Gasteiger charge is 2.62. The van der Waals surface area contributed by atoms with E-state index in [9.17, 15) is 27.9 Å². The van der Waals surface area contributed by atoms with Crippen LogP contribution in [-0.4, -0.2) is 67.1 Å². The first kappa shape index (κ1) is 29.1. The maximum absolute atomic E-state index is 14.0. The number of carbonyl (C=O) groups is 2. The molecule has 1 fully saturated rings. The van der Waals surface area contributed by atoms with Gasteiger partial charge < -0.3 is 29.3 Å². The molecule has 0 bridgehead atoms. The van der Waals surface area contributed by atoms with E-state index < -0.39 is 29.2 Å². The molecule has 0 saturated carbocycles. The summed E-state index contributed by atoms with van der Waals surface area (Å²) in [5, 5.41) is 19.8. The van der Waals surface area contributed by atoms with Gasteiger partial charge in [-0.15, -0.1) is 0 Å². The molecule has 0 spiro atoms. The van der Waals surface area contributed by atoms with E-state index in [-0.39, 0.29) is 36.1 Å². The van der Waals surface area contributed by atoms with Crippen LogP contribution in [-0.2, 0) is 10.4 Å². The van der Waals surface area contributed by atoms with Gasteiger partial charge in [-0.3, -0.25) is 4.79 Å². The summed E-state index contributed by atoms with van der Waals surface area (Å²) in [5.74, 6) is -1.42. The number of rotatable bonds is 11. The number of hydrogen-bond donors (Lipinski definition) is 2. The average Bonchev–Trinajstić information content (AvgIpc) is 2.91. The molecule has 8 nitrogen and oxygen atoms in total. The highest BCUT2D eigenvalue weighted by molar-refractivity contribution is 5.91. The van der Waals surface area contributed by atoms with Gasteiger partial charge in [0.15, 0.2) is 0 Å². The molecular weight excluding hydrogens is 507 g/mol. The summed E-state index contributed by atoms with van der Waals surface area (Å²) >= 11 is 0. The zero-order chi connectivity index (χ0) is 27.9. The Hall–Kier alpha value is -3.47. The highest BCUT2D eigenvalue weighted by Crippen LogP contribution is 2.42. The first-order valence-electron chi connectivity index (χ1n) is 12.3. The number of carboxylic acid groups (broad SMARTS) is 1. The summed E-state index contributed by atoms with van der Waals surface area (Å²) in [6, 6.07) is 9.33. The molecular formula is C27H32F3NO7. The minimum Gasteiger partial charge on any atom is -0.497 e. The predicted molar refractivity (Wildman–Crippen MR) is 132 cm³/mol. The topological polar surface area (TPSA) is 106 Å². The fourth-order valence-corrected chi connectivity index (χ4v) is 4.57. The average molecular weight is 540 g/mol. The lowest BCUT2D eigenvalue weighted by Gasteiger charge is -2.38. The summed E-state index contributed by atoms with van der Waals surface area (Å²) in [4.78, 5) is 25.2. The monoisotopic (exact) mass is 539 g/mol. The van der Waals surface area contributed by atoms with Gasteiger partial charge in [0.2, 0.25) is 0 Å². The Bertz CT molecular complexity index is 1120. The van der Waals surface area contributed by atoms with Gasteiger partial charge in [0, 0.05) is 24.7 Å². The molecule has 1 saturated heterocycles. The van der Waals surface area contributed by atoms with Crippen LogP contribution in [0.2, 0.25) is 0 Å². The number of unbranched alkanes of at least 4 members (excludes halogenated alkanes) is 1. The van der Waals surface area contributed by atoms with E-state index in [4.69, 9.17) is 19.3 Å². The summed E-state index contributed by atoms with van der Waals surface area (Å²) < 4.78 is 57.7. The Morgan fingerprint density at radius 2 is 1.71 bits per heavy atom. The molecule has 1 aliphatic heterocycles. The molecule has 208 valence electrons. The lowest BCUT2D eigenvalue weighted by molar-refractivity contribution is -0.262. The van der Waals surface area contributed by atoms with E-state index in [1.165, 1.54) is 38.5 Å². The molecule has 1 amide bonds. The fourth-order valence-electron chi connectivity index (χ4n) is 4.57. The molecule has 1 aliphatic rings. The van der Waals surface area contributed by atoms with Gasteiger partial charge in [-0.2, -0.15) is 13.2 Å². The van der Waals surface area contributed by atoms with Crippen molar-refractivity contribution in [3.63, 3.8) is 0 Å². The van der Waals surface area contributed by atoms with Crippen LogP contribution < -0.4 is 14.2 Å². The van der Waals surface area contributed by atoms with E-state index in [1.54, 1.807) is 6.07 Å². The number of ether oxygens (including phenoxy) is 3. The zero-order valence-corrected chi connectivity index (χ0v) is 21.3. The molecule has 1 heterocycles. The Kier molecular flexibility index (Phi) is 9.48. The Balaban J connectivity index is 1.49. The van der Waals surface area contributed by atoms with Gasteiger partial charge in [0.1, 0.15) is 22.8 Å². The SMILES string of the molecule is COc1cccc(C(O)(C(=O)N2CCC(CCCCOc3ccc(C(=O)O)c(OC)c3)CC2)C(F)(F)F)c1. The third-order valence-electron chi connectivity index (χ3n) is 6.79. The molecule has 11 heteroatoms. The largest absolute Gasteiger partial charge is 0.497 e. The lowest BCUT2D eigenvalue weighted by Crippen LogP contribution is -2.57. The van der Waals surface area contributed by atoms with E-state index in [1.807, 2.05) is 0 Å². The maximum Gasteiger partial charge on any atom is 0.430 e. The molecule has 0 aromatic heterocycles. The zero-order valence-electron chi connectivity index (χ0n) is 21.3. The summed E-state index contributed by atoms with van der Waals surface area (Å²) in [5.41, 5.74) is -4.19. The lowest BCUT2D eigenvalue weighted by atomic mass is 9.87. The third-order valence-corrected chi connectivity index (χ3v) is 6.79. The standard InChI is InChI=1S/C27H32F3NO7/c1-36-20-8-5-7-19(16-20)26(35,27(28,29)30)25(34)31-13-11-18(12-14-31)6-3-4-15-38-21-9-10-22(24(32)33)23(17-21)37-2/h5,7-10,16-18,35H,3-4,6,11-15H2,1-2H3,(H,32,33). The van der Waals surface area contributed by atoms with Crippen LogP contribution in [0.25, 0.3) is 0 Å². The highest BCUT2D eigenvalue weighted by atomic mass is 19.4. The number of alkyl halides is 3. The van der Waals surface area contributed by atoms with Crippen molar-refractivity contribution >= 4 is 11.9 Å². The van der Waals surface area contributed by atoms with Crippen LogP contribution >= 0.6 is 0 Å². The number of carbonyl (C=O) groups excluding carboxylic acids is 1. The Morgan fingerprint density at radius 1 is 1.00 bits per heavy atom. The van der Waals surface area contributed by atoms with Gasteiger partial charge in [0.25, 0.3) is 11.5 Å². The first-order chi connectivity index (χ1) is 18.0. The number of benzene rings is 2. The van der Waals surface area contributed by atoms with Gasteiger partial charge in [-0.05, 0) is 55.9 Å². The predicted octanol–water partition coefficient (Wildman–Crippen LogP) is 4.64. The van der Waals surface area contributed by atoms with Crippen LogP contribution in [0.4, 0.5) is 13.2 Å². The van der Waals surface area contributed by atoms with E-state index >= 15 is 0 Å². The van der Waals surface area contributed by atoms with Crippen molar-refractivity contribution in [1.82, 2.24) is 4.90 Å². The first-order valence-corrected chi connectivity index (χ1v) is 12.3. The van der Waals surface area contributed by atoms with Crippen LogP contribution in [0.5, 0.6) is 17.2 Å². The van der Waals surface area contributed by atoms with Crippen molar-refractivity contribution in [2.75, 3.05) is 33.9 Å². The molecule has 2 aromatic carbocycles. The van der Waals surface area contributed by atoms with Crippen LogP contribution in [0.3, 0.4) is 0 Å². The smallest absolute Gasteiger partial charge is 0.430 e. The Labute approximate surface area is 218 Å². The second kappa shape index (κ2) is 12.4. The van der Waals surface area contributed by atoms with Gasteiger partial charge >= 0.3 is 12.1 Å². The maximum atomic E-state index is 14.0. The number of aliphatic hydroxyl groups is 1. The Morgan fingerprint density at radius 3 is 2.32 bits per heavy atom. The van der Waals surface area contributed by atoms with Crippen molar-refractivity contribution in [1.29, 1.82) is 0 Å². The molecule has 38 heavy (non-hydrogen) atoms. The normalized spacial score (nSPS) is 16.0. The van der Waals surface area contributed by atoms with Crippen molar-refractivity contribution in [2.24, 2.45) is 5.92 Å². The van der Waals surface area contributed by atoms with Crippen LogP contribution in [0.15, 0.2) is 42.5 Å². The van der Waals surface area contributed by atoms with Gasteiger partial charge in [0.05, 0.1) is 20.8 Å². The molecule has 0 aliphatic carbocycles. The van der Waals surface area contributed by atoms with E-state index in [0.29, 0.717) is 25.2 Å². The van der Waals surface area contributed by atoms with E-state index in [0.717, 1.165) is 36.3 Å². The molecule has 1 atom stereocenters. The second-order valence-corrected chi connectivity index (χ2v) is 9.19. The summed E-state index contributed by atoms with van der Waals surface area (Å²) in [7, 11) is 2.67. The number of piperidine rings is 1. The number of methoxy groups -OCH3 is 2. The molecule has 3 rings (SSSR count). The fraction of sp³-hybridized carbons (Fsp3) is 0.481. The van der Waals surface area contributed by atoms with Crippen LogP contribution in [0.1, 0.15) is 48.0 Å². The number of nitrogens with zero attached hydrogens (tertiary/aromatic N) is 1. The number of likely N-dealkylation sites (tertiary alicyclic amines) is 1. The minimum absolute atomic E-state index is 0.0434. The summed E-state index contributed by atoms with van der Waals surface area (Å²) in [6.45, 7) is 0.655. The number of aromatic carboxylic acids is 1. The molecule has 0 radical (unpaired) electrons. The third kappa shape index (κ3) is 6.50. The van der Waals surface area contributed by atoms with Crippen molar-refractivity contribution in [3.8, 4) is 17.2 Å². The number of amides is 1.